The van der Waals surface area contributed by atoms with E-state index in [4.69, 9.17) is 4.74 Å². The molecule has 1 aromatic rings. The van der Waals surface area contributed by atoms with E-state index in [-0.39, 0.29) is 0 Å². The molecule has 1 aromatic carbocycles. The molecule has 1 aliphatic heterocycles. The van der Waals surface area contributed by atoms with Gasteiger partial charge in [-0.1, -0.05) is 13.0 Å². The molecule has 0 unspecified atom stereocenters. The summed E-state index contributed by atoms with van der Waals surface area (Å²) in [6.45, 7) is 5.25. The number of hydrogen-bond donors (Lipinski definition) is 0. The van der Waals surface area contributed by atoms with Crippen molar-refractivity contribution in [1.29, 1.82) is 0 Å². The lowest BCUT2D eigenvalue weighted by molar-refractivity contribution is 0.357. The summed E-state index contributed by atoms with van der Waals surface area (Å²) < 4.78 is 5.50. The predicted octanol–water partition coefficient (Wildman–Crippen LogP) is 2.49. The van der Waals surface area contributed by atoms with Gasteiger partial charge in [0.05, 0.1) is 6.61 Å². The van der Waals surface area contributed by atoms with E-state index in [1.54, 1.807) is 0 Å². The number of ether oxygens (including phenoxy) is 1. The van der Waals surface area contributed by atoms with Crippen molar-refractivity contribution < 1.29 is 4.74 Å². The number of benzene rings is 1. The van der Waals surface area contributed by atoms with Crippen LogP contribution in [0.3, 0.4) is 0 Å². The van der Waals surface area contributed by atoms with Gasteiger partial charge in [-0.15, -0.1) is 0 Å². The zero-order valence-electron chi connectivity index (χ0n) is 7.68. The van der Waals surface area contributed by atoms with E-state index < -0.39 is 0 Å². The third-order valence-corrected chi connectivity index (χ3v) is 2.59. The molecule has 1 heteroatoms. The normalized spacial score (nSPS) is 14.2. The third-order valence-electron chi connectivity index (χ3n) is 2.59. The van der Waals surface area contributed by atoms with Crippen molar-refractivity contribution in [3.63, 3.8) is 0 Å². The Kier molecular flexibility index (Phi) is 1.80. The van der Waals surface area contributed by atoms with Gasteiger partial charge in [0.1, 0.15) is 5.75 Å². The van der Waals surface area contributed by atoms with Crippen molar-refractivity contribution in [2.24, 2.45) is 0 Å². The fraction of sp³-hybridized carbons (Fsp3) is 0.455. The summed E-state index contributed by atoms with van der Waals surface area (Å²) in [5.41, 5.74) is 4.34. The van der Waals surface area contributed by atoms with Crippen LogP contribution in [0.2, 0.25) is 0 Å². The van der Waals surface area contributed by atoms with Gasteiger partial charge in [0.25, 0.3) is 0 Å². The van der Waals surface area contributed by atoms with Gasteiger partial charge in [0.2, 0.25) is 0 Å². The SMILES string of the molecule is CCc1c(C)ccc2c1CCO2. The highest BCUT2D eigenvalue weighted by Crippen LogP contribution is 2.30. The van der Waals surface area contributed by atoms with Gasteiger partial charge >= 0.3 is 0 Å². The molecule has 0 saturated heterocycles. The van der Waals surface area contributed by atoms with E-state index in [9.17, 15) is 0 Å². The quantitative estimate of drug-likeness (QED) is 0.616. The highest BCUT2D eigenvalue weighted by atomic mass is 16.5. The fourth-order valence-electron chi connectivity index (χ4n) is 1.95. The van der Waals surface area contributed by atoms with Gasteiger partial charge in [-0.25, -0.2) is 0 Å². The lowest BCUT2D eigenvalue weighted by atomic mass is 9.98. The predicted molar refractivity (Wildman–Crippen MR) is 49.8 cm³/mol. The molecule has 0 bridgehead atoms. The molecular weight excluding hydrogens is 148 g/mol. The van der Waals surface area contributed by atoms with Crippen molar-refractivity contribution in [3.8, 4) is 5.75 Å². The summed E-state index contributed by atoms with van der Waals surface area (Å²) >= 11 is 0. The minimum atomic E-state index is 0.867. The Hall–Kier alpha value is -0.980. The first-order valence-corrected chi connectivity index (χ1v) is 4.57. The van der Waals surface area contributed by atoms with Crippen molar-refractivity contribution in [2.75, 3.05) is 6.61 Å². The topological polar surface area (TPSA) is 9.23 Å². The van der Waals surface area contributed by atoms with Crippen LogP contribution in [0.15, 0.2) is 12.1 Å². The zero-order valence-corrected chi connectivity index (χ0v) is 7.68. The highest BCUT2D eigenvalue weighted by molar-refractivity contribution is 5.46. The first-order chi connectivity index (χ1) is 5.83. The molecule has 0 atom stereocenters. The summed E-state index contributed by atoms with van der Waals surface area (Å²) in [5.74, 6) is 1.11. The molecule has 0 saturated carbocycles. The molecule has 0 amide bonds. The van der Waals surface area contributed by atoms with Gasteiger partial charge in [-0.05, 0) is 30.5 Å². The summed E-state index contributed by atoms with van der Waals surface area (Å²) in [6, 6.07) is 4.25. The van der Waals surface area contributed by atoms with Crippen molar-refractivity contribution in [1.82, 2.24) is 0 Å². The second-order valence-corrected chi connectivity index (χ2v) is 3.29. The average Bonchev–Trinajstić information content (AvgIpc) is 2.52. The fourth-order valence-corrected chi connectivity index (χ4v) is 1.95. The first kappa shape index (κ1) is 7.66. The van der Waals surface area contributed by atoms with Crippen molar-refractivity contribution in [2.45, 2.75) is 26.7 Å². The molecule has 1 nitrogen and oxygen atoms in total. The molecule has 0 aliphatic carbocycles. The van der Waals surface area contributed by atoms with Gasteiger partial charge in [0, 0.05) is 12.0 Å². The monoisotopic (exact) mass is 162 g/mol. The third kappa shape index (κ3) is 1.01. The molecule has 0 N–H and O–H groups in total. The van der Waals surface area contributed by atoms with Crippen LogP contribution in [0.5, 0.6) is 5.75 Å². The molecule has 0 aromatic heterocycles. The number of fused-ring (bicyclic) bond motifs is 1. The molecule has 1 heterocycles. The van der Waals surface area contributed by atoms with Crippen molar-refractivity contribution >= 4 is 0 Å². The van der Waals surface area contributed by atoms with Gasteiger partial charge < -0.3 is 4.74 Å². The van der Waals surface area contributed by atoms with Crippen LogP contribution in [0.25, 0.3) is 0 Å². The van der Waals surface area contributed by atoms with Crippen LogP contribution in [-0.2, 0) is 12.8 Å². The minimum Gasteiger partial charge on any atom is -0.493 e. The van der Waals surface area contributed by atoms with Crippen LogP contribution in [0.1, 0.15) is 23.6 Å². The maximum absolute atomic E-state index is 5.50. The van der Waals surface area contributed by atoms with Gasteiger partial charge in [-0.3, -0.25) is 0 Å². The molecule has 12 heavy (non-hydrogen) atoms. The summed E-state index contributed by atoms with van der Waals surface area (Å²) in [7, 11) is 0. The lowest BCUT2D eigenvalue weighted by Crippen LogP contribution is -1.92. The Morgan fingerprint density at radius 2 is 2.25 bits per heavy atom. The molecule has 64 valence electrons. The van der Waals surface area contributed by atoms with E-state index in [1.165, 1.54) is 16.7 Å². The van der Waals surface area contributed by atoms with Crippen LogP contribution >= 0.6 is 0 Å². The Balaban J connectivity index is 2.57. The smallest absolute Gasteiger partial charge is 0.122 e. The molecule has 2 rings (SSSR count). The highest BCUT2D eigenvalue weighted by Gasteiger charge is 2.15. The first-order valence-electron chi connectivity index (χ1n) is 4.57. The van der Waals surface area contributed by atoms with Crippen LogP contribution < -0.4 is 4.74 Å². The molecule has 1 aliphatic rings. The van der Waals surface area contributed by atoms with Gasteiger partial charge in [-0.2, -0.15) is 0 Å². The van der Waals surface area contributed by atoms with E-state index in [0.29, 0.717) is 0 Å². The Labute approximate surface area is 73.4 Å². The second-order valence-electron chi connectivity index (χ2n) is 3.29. The van der Waals surface area contributed by atoms with Crippen LogP contribution in [0.4, 0.5) is 0 Å². The van der Waals surface area contributed by atoms with E-state index >= 15 is 0 Å². The minimum absolute atomic E-state index is 0.867. The molecule has 0 fully saturated rings. The van der Waals surface area contributed by atoms with E-state index in [1.807, 2.05) is 0 Å². The largest absolute Gasteiger partial charge is 0.493 e. The molecule has 0 spiro atoms. The van der Waals surface area contributed by atoms with Crippen molar-refractivity contribution in [3.05, 3.63) is 28.8 Å². The molecule has 0 radical (unpaired) electrons. The number of rotatable bonds is 1. The summed E-state index contributed by atoms with van der Waals surface area (Å²) in [5, 5.41) is 0. The Morgan fingerprint density at radius 3 is 3.00 bits per heavy atom. The zero-order chi connectivity index (χ0) is 8.55. The Bertz CT molecular complexity index is 302. The van der Waals surface area contributed by atoms with Gasteiger partial charge in [0.15, 0.2) is 0 Å². The molecular formula is C11H14O. The van der Waals surface area contributed by atoms with E-state index in [0.717, 1.165) is 25.2 Å². The van der Waals surface area contributed by atoms with Crippen LogP contribution in [0, 0.1) is 6.92 Å². The van der Waals surface area contributed by atoms with E-state index in [2.05, 4.69) is 26.0 Å². The summed E-state index contributed by atoms with van der Waals surface area (Å²) in [4.78, 5) is 0. The van der Waals surface area contributed by atoms with Crippen LogP contribution in [-0.4, -0.2) is 6.61 Å². The Morgan fingerprint density at radius 1 is 1.42 bits per heavy atom. The average molecular weight is 162 g/mol. The second kappa shape index (κ2) is 2.81. The number of hydrogen-bond acceptors (Lipinski definition) is 1. The number of aryl methyl sites for hydroxylation is 1. The lowest BCUT2D eigenvalue weighted by Gasteiger charge is -2.07. The summed E-state index contributed by atoms with van der Waals surface area (Å²) in [6.07, 6.45) is 2.22. The standard InChI is InChI=1S/C11H14O/c1-3-9-8(2)4-5-11-10(9)6-7-12-11/h4-5H,3,6-7H2,1-2H3. The maximum atomic E-state index is 5.50. The maximum Gasteiger partial charge on any atom is 0.122 e.